The lowest BCUT2D eigenvalue weighted by atomic mass is 11.0. The molecule has 0 aliphatic rings. The third-order valence-electron chi connectivity index (χ3n) is 0.687. The molecule has 3 nitrogen and oxygen atoms in total. The van der Waals surface area contributed by atoms with Gasteiger partial charge in [-0.15, -0.1) is 0 Å². The standard InChI is InChI=1S/C4H6N3/c1-5-7-3-2-6-4-7/h2-5H,1H2. The molecule has 0 spiro atoms. The van der Waals surface area contributed by atoms with Gasteiger partial charge in [0.05, 0.1) is 7.05 Å². The molecule has 0 atom stereocenters. The first kappa shape index (κ1) is 4.18. The largest absolute Gasteiger partial charge is 0.323 e. The fourth-order valence-electron chi connectivity index (χ4n) is 0.353. The van der Waals surface area contributed by atoms with Crippen molar-refractivity contribution in [3.8, 4) is 0 Å². The minimum atomic E-state index is 1.63. The van der Waals surface area contributed by atoms with Crippen molar-refractivity contribution in [2.24, 2.45) is 0 Å². The average Bonchev–Trinajstić information content (AvgIpc) is 2.14. The van der Waals surface area contributed by atoms with Gasteiger partial charge in [-0.3, -0.25) is 4.68 Å². The van der Waals surface area contributed by atoms with Crippen LogP contribution in [0.15, 0.2) is 18.7 Å². The van der Waals surface area contributed by atoms with Gasteiger partial charge in [0, 0.05) is 12.4 Å². The zero-order valence-corrected chi connectivity index (χ0v) is 3.83. The molecule has 7 heavy (non-hydrogen) atoms. The van der Waals surface area contributed by atoms with E-state index < -0.39 is 0 Å². The van der Waals surface area contributed by atoms with E-state index >= 15 is 0 Å². The SMILES string of the molecule is [CH2]Nn1ccnc1. The summed E-state index contributed by atoms with van der Waals surface area (Å²) in [5, 5.41) is 0. The van der Waals surface area contributed by atoms with Crippen molar-refractivity contribution in [2.45, 2.75) is 0 Å². The highest BCUT2D eigenvalue weighted by atomic mass is 15.4. The first-order valence-corrected chi connectivity index (χ1v) is 1.94. The summed E-state index contributed by atoms with van der Waals surface area (Å²) in [6.07, 6.45) is 5.08. The van der Waals surface area contributed by atoms with Crippen LogP contribution in [0.4, 0.5) is 0 Å². The third-order valence-corrected chi connectivity index (χ3v) is 0.687. The molecule has 0 bridgehead atoms. The fraction of sp³-hybridized carbons (Fsp3) is 0. The maximum absolute atomic E-state index is 3.75. The Hall–Kier alpha value is -0.990. The normalized spacial score (nSPS) is 8.71. The number of nitrogens with zero attached hydrogens (tertiary/aromatic N) is 2. The number of hydrogen-bond donors (Lipinski definition) is 1. The fourth-order valence-corrected chi connectivity index (χ4v) is 0.353. The van der Waals surface area contributed by atoms with Crippen LogP contribution in [-0.4, -0.2) is 9.66 Å². The molecule has 0 aliphatic heterocycles. The van der Waals surface area contributed by atoms with E-state index in [1.807, 2.05) is 0 Å². The third kappa shape index (κ3) is 0.707. The quantitative estimate of drug-likeness (QED) is 0.542. The predicted octanol–water partition coefficient (Wildman–Crippen LogP) is 0.218. The highest BCUT2D eigenvalue weighted by Gasteiger charge is 1.75. The Kier molecular flexibility index (Phi) is 0.978. The van der Waals surface area contributed by atoms with Crippen molar-refractivity contribution in [2.75, 3.05) is 5.43 Å². The molecule has 0 unspecified atom stereocenters. The molecule has 0 amide bonds. The van der Waals surface area contributed by atoms with E-state index in [-0.39, 0.29) is 0 Å². The Morgan fingerprint density at radius 2 is 2.57 bits per heavy atom. The average molecular weight is 96.1 g/mol. The van der Waals surface area contributed by atoms with Gasteiger partial charge in [-0.1, -0.05) is 0 Å². The zero-order chi connectivity index (χ0) is 5.11. The van der Waals surface area contributed by atoms with E-state index in [9.17, 15) is 0 Å². The minimum absolute atomic E-state index is 1.63. The van der Waals surface area contributed by atoms with Crippen molar-refractivity contribution in [3.05, 3.63) is 25.8 Å². The molecule has 0 saturated heterocycles. The topological polar surface area (TPSA) is 29.9 Å². The monoisotopic (exact) mass is 96.1 g/mol. The Morgan fingerprint density at radius 3 is 2.86 bits per heavy atom. The Morgan fingerprint density at radius 1 is 1.71 bits per heavy atom. The van der Waals surface area contributed by atoms with Crippen molar-refractivity contribution < 1.29 is 0 Å². The van der Waals surface area contributed by atoms with Gasteiger partial charge in [0.1, 0.15) is 6.33 Å². The molecule has 0 saturated carbocycles. The van der Waals surface area contributed by atoms with E-state index in [0.717, 1.165) is 0 Å². The second-order valence-electron chi connectivity index (χ2n) is 1.13. The van der Waals surface area contributed by atoms with Gasteiger partial charge in [0.2, 0.25) is 0 Å². The van der Waals surface area contributed by atoms with Crippen LogP contribution in [0.1, 0.15) is 0 Å². The van der Waals surface area contributed by atoms with Crippen LogP contribution < -0.4 is 5.43 Å². The number of hydrogen-bond acceptors (Lipinski definition) is 2. The lowest BCUT2D eigenvalue weighted by molar-refractivity contribution is 0.949. The van der Waals surface area contributed by atoms with Crippen LogP contribution in [-0.2, 0) is 0 Å². The maximum Gasteiger partial charge on any atom is 0.114 e. The Bertz CT molecular complexity index is 121. The van der Waals surface area contributed by atoms with Gasteiger partial charge in [0.15, 0.2) is 0 Å². The molecule has 1 aromatic rings. The molecular formula is C4H6N3. The van der Waals surface area contributed by atoms with E-state index in [1.165, 1.54) is 0 Å². The van der Waals surface area contributed by atoms with Gasteiger partial charge < -0.3 is 5.43 Å². The maximum atomic E-state index is 3.75. The van der Waals surface area contributed by atoms with Crippen LogP contribution >= 0.6 is 0 Å². The van der Waals surface area contributed by atoms with Crippen LogP contribution in [0.3, 0.4) is 0 Å². The van der Waals surface area contributed by atoms with Crippen molar-refractivity contribution in [1.82, 2.24) is 9.66 Å². The molecule has 1 N–H and O–H groups in total. The zero-order valence-electron chi connectivity index (χ0n) is 3.83. The second kappa shape index (κ2) is 1.64. The molecule has 37 valence electrons. The summed E-state index contributed by atoms with van der Waals surface area (Å²) in [4.78, 5) is 3.75. The summed E-state index contributed by atoms with van der Waals surface area (Å²) >= 11 is 0. The molecule has 0 aromatic carbocycles. The van der Waals surface area contributed by atoms with E-state index in [0.29, 0.717) is 0 Å². The van der Waals surface area contributed by atoms with Crippen molar-refractivity contribution >= 4 is 0 Å². The molecule has 1 heterocycles. The van der Waals surface area contributed by atoms with Crippen molar-refractivity contribution in [3.63, 3.8) is 0 Å². The Balaban J connectivity index is 2.76. The molecule has 3 heteroatoms. The Labute approximate surface area is 42.0 Å². The number of imidazole rings is 1. The van der Waals surface area contributed by atoms with Crippen LogP contribution in [0.25, 0.3) is 0 Å². The summed E-state index contributed by atoms with van der Waals surface area (Å²) in [6.45, 7) is 0. The van der Waals surface area contributed by atoms with Crippen molar-refractivity contribution in [1.29, 1.82) is 0 Å². The molecular weight excluding hydrogens is 90.1 g/mol. The second-order valence-corrected chi connectivity index (χ2v) is 1.13. The van der Waals surface area contributed by atoms with Gasteiger partial charge in [-0.05, 0) is 0 Å². The van der Waals surface area contributed by atoms with E-state index in [4.69, 9.17) is 0 Å². The minimum Gasteiger partial charge on any atom is -0.323 e. The first-order valence-electron chi connectivity index (χ1n) is 1.94. The van der Waals surface area contributed by atoms with Gasteiger partial charge >= 0.3 is 0 Å². The number of aromatic nitrogens is 2. The summed E-state index contributed by atoms with van der Waals surface area (Å²) in [6, 6.07) is 0. The molecule has 1 radical (unpaired) electrons. The van der Waals surface area contributed by atoms with Gasteiger partial charge in [-0.2, -0.15) is 0 Å². The highest BCUT2D eigenvalue weighted by molar-refractivity contribution is 4.78. The highest BCUT2D eigenvalue weighted by Crippen LogP contribution is 1.75. The summed E-state index contributed by atoms with van der Waals surface area (Å²) in [5.41, 5.74) is 2.61. The van der Waals surface area contributed by atoms with Gasteiger partial charge in [0.25, 0.3) is 0 Å². The number of rotatable bonds is 1. The summed E-state index contributed by atoms with van der Waals surface area (Å²) in [5.74, 6) is 0. The molecule has 1 aromatic heterocycles. The van der Waals surface area contributed by atoms with E-state index in [2.05, 4.69) is 17.5 Å². The van der Waals surface area contributed by atoms with Crippen LogP contribution in [0, 0.1) is 7.05 Å². The smallest absolute Gasteiger partial charge is 0.114 e. The van der Waals surface area contributed by atoms with Crippen LogP contribution in [0.2, 0.25) is 0 Å². The van der Waals surface area contributed by atoms with E-state index in [1.54, 1.807) is 23.4 Å². The molecule has 0 aliphatic carbocycles. The molecule has 0 fully saturated rings. The molecule has 1 rings (SSSR count). The number of nitrogens with one attached hydrogen (secondary N) is 1. The summed E-state index contributed by atoms with van der Waals surface area (Å²) in [7, 11) is 3.40. The van der Waals surface area contributed by atoms with Gasteiger partial charge in [-0.25, -0.2) is 4.98 Å². The predicted molar refractivity (Wildman–Crippen MR) is 26.9 cm³/mol. The summed E-state index contributed by atoms with van der Waals surface area (Å²) < 4.78 is 1.65. The van der Waals surface area contributed by atoms with Crippen LogP contribution in [0.5, 0.6) is 0 Å². The first-order chi connectivity index (χ1) is 3.43. The lowest BCUT2D eigenvalue weighted by Crippen LogP contribution is -2.01. The lowest BCUT2D eigenvalue weighted by Gasteiger charge is -1.93.